The van der Waals surface area contributed by atoms with Crippen LogP contribution in [0.2, 0.25) is 0 Å². The smallest absolute Gasteiger partial charge is 0.407 e. The number of nitro groups is 1. The minimum absolute atomic E-state index is 0.0317. The van der Waals surface area contributed by atoms with Gasteiger partial charge in [0.05, 0.1) is 17.1 Å². The van der Waals surface area contributed by atoms with E-state index in [1.807, 2.05) is 0 Å². The summed E-state index contributed by atoms with van der Waals surface area (Å²) < 4.78 is 31.2. The molecule has 1 aliphatic rings. The summed E-state index contributed by atoms with van der Waals surface area (Å²) in [5.41, 5.74) is -1.07. The SMILES string of the molecule is CC(C)(C)OC(=O)NC1CCN(c2nn(CC(F)F)cc2[N+](=O)[O-])CCC1O. The van der Waals surface area contributed by atoms with Gasteiger partial charge < -0.3 is 20.1 Å². The lowest BCUT2D eigenvalue weighted by molar-refractivity contribution is -0.384. The number of hydrogen-bond donors (Lipinski definition) is 2. The Labute approximate surface area is 160 Å². The van der Waals surface area contributed by atoms with E-state index >= 15 is 0 Å². The van der Waals surface area contributed by atoms with Crippen molar-refractivity contribution in [2.75, 3.05) is 18.0 Å². The van der Waals surface area contributed by atoms with Crippen molar-refractivity contribution < 1.29 is 28.3 Å². The van der Waals surface area contributed by atoms with Crippen molar-refractivity contribution in [3.8, 4) is 0 Å². The molecule has 2 atom stereocenters. The van der Waals surface area contributed by atoms with Crippen molar-refractivity contribution in [2.24, 2.45) is 0 Å². The lowest BCUT2D eigenvalue weighted by atomic mass is 10.1. The maximum absolute atomic E-state index is 12.6. The molecule has 2 rings (SSSR count). The number of aliphatic hydroxyl groups is 1. The van der Waals surface area contributed by atoms with E-state index < -0.39 is 41.7 Å². The number of aromatic nitrogens is 2. The molecule has 1 amide bonds. The van der Waals surface area contributed by atoms with Crippen LogP contribution in [-0.4, -0.2) is 63.2 Å². The van der Waals surface area contributed by atoms with E-state index in [2.05, 4.69) is 10.4 Å². The molecule has 0 spiro atoms. The molecule has 0 aliphatic carbocycles. The van der Waals surface area contributed by atoms with Crippen LogP contribution < -0.4 is 10.2 Å². The van der Waals surface area contributed by atoms with Gasteiger partial charge in [-0.2, -0.15) is 0 Å². The highest BCUT2D eigenvalue weighted by Gasteiger charge is 2.32. The lowest BCUT2D eigenvalue weighted by Crippen LogP contribution is -2.45. The first-order valence-corrected chi connectivity index (χ1v) is 8.89. The molecule has 10 nitrogen and oxygen atoms in total. The summed E-state index contributed by atoms with van der Waals surface area (Å²) in [7, 11) is 0. The number of halogens is 2. The van der Waals surface area contributed by atoms with Gasteiger partial charge >= 0.3 is 11.8 Å². The summed E-state index contributed by atoms with van der Waals surface area (Å²) in [5.74, 6) is -0.0317. The molecular weight excluding hydrogens is 380 g/mol. The van der Waals surface area contributed by atoms with Crippen LogP contribution in [-0.2, 0) is 11.3 Å². The van der Waals surface area contributed by atoms with Crippen LogP contribution in [0.25, 0.3) is 0 Å². The van der Waals surface area contributed by atoms with Crippen LogP contribution in [0.5, 0.6) is 0 Å². The summed E-state index contributed by atoms with van der Waals surface area (Å²) in [6, 6.07) is -0.609. The minimum atomic E-state index is -2.69. The summed E-state index contributed by atoms with van der Waals surface area (Å²) in [6.45, 7) is 4.86. The molecule has 2 heterocycles. The fourth-order valence-corrected chi connectivity index (χ4v) is 2.92. The average Bonchev–Trinajstić information content (AvgIpc) is 2.86. The second-order valence-electron chi connectivity index (χ2n) is 7.59. The summed E-state index contributed by atoms with van der Waals surface area (Å²) in [4.78, 5) is 24.1. The van der Waals surface area contributed by atoms with E-state index in [0.29, 0.717) is 0 Å². The first-order chi connectivity index (χ1) is 13.0. The highest BCUT2D eigenvalue weighted by Crippen LogP contribution is 2.29. The number of hydrogen-bond acceptors (Lipinski definition) is 7. The van der Waals surface area contributed by atoms with Crippen LogP contribution in [0.4, 0.5) is 25.1 Å². The minimum Gasteiger partial charge on any atom is -0.444 e. The van der Waals surface area contributed by atoms with Gasteiger partial charge in [-0.1, -0.05) is 0 Å². The Morgan fingerprint density at radius 2 is 2.11 bits per heavy atom. The zero-order chi connectivity index (χ0) is 21.1. The number of anilines is 1. The Kier molecular flexibility index (Phi) is 6.75. The van der Waals surface area contributed by atoms with Gasteiger partial charge in [0.1, 0.15) is 18.3 Å². The molecule has 2 N–H and O–H groups in total. The van der Waals surface area contributed by atoms with Crippen molar-refractivity contribution >= 4 is 17.6 Å². The van der Waals surface area contributed by atoms with Gasteiger partial charge in [0.2, 0.25) is 5.82 Å². The number of alkyl carbamates (subject to hydrolysis) is 1. The van der Waals surface area contributed by atoms with Crippen LogP contribution in [0.1, 0.15) is 33.6 Å². The Bertz CT molecular complexity index is 706. The van der Waals surface area contributed by atoms with Crippen molar-refractivity contribution in [2.45, 2.75) is 64.3 Å². The molecule has 0 radical (unpaired) electrons. The molecule has 2 unspecified atom stereocenters. The van der Waals surface area contributed by atoms with Crippen molar-refractivity contribution in [3.63, 3.8) is 0 Å². The topological polar surface area (TPSA) is 123 Å². The van der Waals surface area contributed by atoms with E-state index in [-0.39, 0.29) is 37.4 Å². The number of nitrogens with zero attached hydrogens (tertiary/aromatic N) is 4. The predicted octanol–water partition coefficient (Wildman–Crippen LogP) is 1.91. The molecule has 28 heavy (non-hydrogen) atoms. The number of rotatable bonds is 5. The van der Waals surface area contributed by atoms with Crippen LogP contribution in [0.15, 0.2) is 6.20 Å². The van der Waals surface area contributed by atoms with Gasteiger partial charge in [-0.25, -0.2) is 13.6 Å². The van der Waals surface area contributed by atoms with E-state index in [4.69, 9.17) is 4.74 Å². The number of aliphatic hydroxyl groups excluding tert-OH is 1. The third-order valence-electron chi connectivity index (χ3n) is 4.12. The van der Waals surface area contributed by atoms with Gasteiger partial charge in [0.15, 0.2) is 0 Å². The second kappa shape index (κ2) is 8.67. The molecule has 1 aromatic heterocycles. The van der Waals surface area contributed by atoms with Crippen molar-refractivity contribution in [3.05, 3.63) is 16.3 Å². The molecule has 0 saturated carbocycles. The summed E-state index contributed by atoms with van der Waals surface area (Å²) in [5, 5.41) is 28.1. The highest BCUT2D eigenvalue weighted by atomic mass is 19.3. The number of amides is 1. The van der Waals surface area contributed by atoms with Crippen LogP contribution in [0.3, 0.4) is 0 Å². The van der Waals surface area contributed by atoms with Crippen molar-refractivity contribution in [1.82, 2.24) is 15.1 Å². The fraction of sp³-hybridized carbons (Fsp3) is 0.750. The first kappa shape index (κ1) is 21.8. The first-order valence-electron chi connectivity index (χ1n) is 8.89. The molecule has 1 fully saturated rings. The monoisotopic (exact) mass is 405 g/mol. The van der Waals surface area contributed by atoms with E-state index in [1.54, 1.807) is 25.7 Å². The lowest BCUT2D eigenvalue weighted by Gasteiger charge is -2.25. The normalized spacial score (nSPS) is 20.8. The van der Waals surface area contributed by atoms with Gasteiger partial charge in [-0.3, -0.25) is 14.8 Å². The standard InChI is InChI=1S/C16H25F2N5O5/c1-16(2,3)28-15(25)19-10-4-6-21(7-5-12(10)24)14-11(23(26)27)8-22(20-14)9-13(17)18/h8,10,12-13,24H,4-7,9H2,1-3H3,(H,19,25). The molecule has 1 aliphatic heterocycles. The number of carbonyl (C=O) groups excluding carboxylic acids is 1. The number of ether oxygens (including phenoxy) is 1. The van der Waals surface area contributed by atoms with E-state index in [9.17, 15) is 28.8 Å². The Morgan fingerprint density at radius 1 is 1.46 bits per heavy atom. The third kappa shape index (κ3) is 6.01. The van der Waals surface area contributed by atoms with Gasteiger partial charge in [0, 0.05) is 13.1 Å². The molecule has 1 aromatic rings. The predicted molar refractivity (Wildman–Crippen MR) is 95.5 cm³/mol. The zero-order valence-corrected chi connectivity index (χ0v) is 16.0. The third-order valence-corrected chi connectivity index (χ3v) is 4.12. The summed E-state index contributed by atoms with van der Waals surface area (Å²) in [6.07, 6.45) is -2.80. The molecular formula is C16H25F2N5O5. The maximum atomic E-state index is 12.6. The number of alkyl halides is 2. The molecule has 0 aromatic carbocycles. The van der Waals surface area contributed by atoms with Crippen molar-refractivity contribution in [1.29, 1.82) is 0 Å². The molecule has 12 heteroatoms. The average molecular weight is 405 g/mol. The van der Waals surface area contributed by atoms with Gasteiger partial charge in [-0.15, -0.1) is 5.10 Å². The van der Waals surface area contributed by atoms with Gasteiger partial charge in [0.25, 0.3) is 6.43 Å². The highest BCUT2D eigenvalue weighted by molar-refractivity contribution is 5.68. The maximum Gasteiger partial charge on any atom is 0.407 e. The van der Waals surface area contributed by atoms with Crippen LogP contribution in [0, 0.1) is 10.1 Å². The Morgan fingerprint density at radius 3 is 2.68 bits per heavy atom. The van der Waals surface area contributed by atoms with E-state index in [0.717, 1.165) is 10.9 Å². The quantitative estimate of drug-likeness (QED) is 0.567. The Hall–Kier alpha value is -2.50. The molecule has 158 valence electrons. The fourth-order valence-electron chi connectivity index (χ4n) is 2.92. The molecule has 0 bridgehead atoms. The number of carbonyl (C=O) groups is 1. The Balaban J connectivity index is 2.11. The zero-order valence-electron chi connectivity index (χ0n) is 16.0. The second-order valence-corrected chi connectivity index (χ2v) is 7.59. The molecule has 1 saturated heterocycles. The van der Waals surface area contributed by atoms with E-state index in [1.165, 1.54) is 0 Å². The summed E-state index contributed by atoms with van der Waals surface area (Å²) >= 11 is 0. The number of nitrogens with one attached hydrogen (secondary N) is 1. The van der Waals surface area contributed by atoms with Crippen LogP contribution >= 0.6 is 0 Å². The van der Waals surface area contributed by atoms with Gasteiger partial charge in [-0.05, 0) is 33.6 Å². The largest absolute Gasteiger partial charge is 0.444 e.